The van der Waals surface area contributed by atoms with Crippen LogP contribution in [0.3, 0.4) is 0 Å². The van der Waals surface area contributed by atoms with Crippen LogP contribution in [-0.2, 0) is 24.4 Å². The molecule has 0 spiro atoms. The molecule has 1 heterocycles. The zero-order valence-corrected chi connectivity index (χ0v) is 24.2. The number of nitrogens with one attached hydrogen (secondary N) is 2. The van der Waals surface area contributed by atoms with Gasteiger partial charge in [-0.05, 0) is 78.6 Å². The summed E-state index contributed by atoms with van der Waals surface area (Å²) in [6, 6.07) is 22.8. The lowest BCUT2D eigenvalue weighted by Crippen LogP contribution is -2.31. The molecule has 0 atom stereocenters. The van der Waals surface area contributed by atoms with E-state index in [2.05, 4.69) is 70.1 Å². The number of nitrogens with zero attached hydrogens (tertiary/aromatic N) is 2. The first kappa shape index (κ1) is 28.7. The summed E-state index contributed by atoms with van der Waals surface area (Å²) < 4.78 is 0. The van der Waals surface area contributed by atoms with Crippen LogP contribution in [0.15, 0.2) is 66.7 Å². The molecule has 4 N–H and O–H groups in total. The third-order valence-corrected chi connectivity index (χ3v) is 8.00. The third kappa shape index (κ3) is 7.67. The summed E-state index contributed by atoms with van der Waals surface area (Å²) in [4.78, 5) is 30.2. The Morgan fingerprint density at radius 2 is 1.51 bits per heavy atom. The van der Waals surface area contributed by atoms with Crippen LogP contribution < -0.4 is 21.3 Å². The molecule has 0 radical (unpaired) electrons. The molecule has 2 aliphatic rings. The van der Waals surface area contributed by atoms with Gasteiger partial charge in [0.25, 0.3) is 0 Å². The molecule has 3 aromatic rings. The Morgan fingerprint density at radius 3 is 2.20 bits per heavy atom. The van der Waals surface area contributed by atoms with Gasteiger partial charge in [-0.2, -0.15) is 0 Å². The number of anilines is 2. The fourth-order valence-electron chi connectivity index (χ4n) is 5.68. The first-order valence-corrected chi connectivity index (χ1v) is 15.1. The normalized spacial score (nSPS) is 15.2. The van der Waals surface area contributed by atoms with E-state index in [4.69, 9.17) is 5.73 Å². The molecule has 7 heteroatoms. The monoisotopic (exact) mass is 553 g/mol. The van der Waals surface area contributed by atoms with Crippen molar-refractivity contribution in [1.82, 2.24) is 10.2 Å². The van der Waals surface area contributed by atoms with Crippen molar-refractivity contribution in [3.63, 3.8) is 0 Å². The number of urea groups is 1. The number of hydrogen-bond acceptors (Lipinski definition) is 4. The van der Waals surface area contributed by atoms with Gasteiger partial charge in [-0.3, -0.25) is 4.79 Å². The van der Waals surface area contributed by atoms with Crippen LogP contribution in [0, 0.1) is 5.92 Å². The van der Waals surface area contributed by atoms with Gasteiger partial charge in [0.15, 0.2) is 0 Å². The minimum atomic E-state index is -0.192. The van der Waals surface area contributed by atoms with Crippen molar-refractivity contribution < 1.29 is 9.59 Å². The number of hydrogen-bond donors (Lipinski definition) is 3. The quantitative estimate of drug-likeness (QED) is 0.276. The fourth-order valence-corrected chi connectivity index (χ4v) is 5.68. The number of amides is 3. The highest BCUT2D eigenvalue weighted by Gasteiger charge is 2.33. The Morgan fingerprint density at radius 1 is 0.854 bits per heavy atom. The molecule has 1 saturated carbocycles. The summed E-state index contributed by atoms with van der Waals surface area (Å²) >= 11 is 0. The largest absolute Gasteiger partial charge is 0.370 e. The van der Waals surface area contributed by atoms with E-state index in [0.29, 0.717) is 26.2 Å². The highest BCUT2D eigenvalue weighted by molar-refractivity contribution is 5.94. The Kier molecular flexibility index (Phi) is 9.57. The second-order valence-corrected chi connectivity index (χ2v) is 11.3. The average molecular weight is 554 g/mol. The van der Waals surface area contributed by atoms with E-state index < -0.39 is 0 Å². The van der Waals surface area contributed by atoms with E-state index in [-0.39, 0.29) is 17.9 Å². The van der Waals surface area contributed by atoms with E-state index in [0.717, 1.165) is 78.0 Å². The molecule has 3 aromatic carbocycles. The molecule has 1 saturated heterocycles. The van der Waals surface area contributed by atoms with Crippen LogP contribution in [0.1, 0.15) is 62.1 Å². The first-order chi connectivity index (χ1) is 20.0. The summed E-state index contributed by atoms with van der Waals surface area (Å²) in [5.74, 6) is 0.370. The predicted molar refractivity (Wildman–Crippen MR) is 167 cm³/mol. The van der Waals surface area contributed by atoms with E-state index in [1.54, 1.807) is 0 Å². The second-order valence-electron chi connectivity index (χ2n) is 11.3. The number of rotatable bonds is 10. The summed E-state index contributed by atoms with van der Waals surface area (Å²) in [6.45, 7) is 6.09. The molecule has 5 rings (SSSR count). The maximum atomic E-state index is 13.3. The van der Waals surface area contributed by atoms with Crippen LogP contribution >= 0.6 is 0 Å². The highest BCUT2D eigenvalue weighted by Crippen LogP contribution is 2.35. The summed E-state index contributed by atoms with van der Waals surface area (Å²) in [5.41, 5.74) is 13.1. The van der Waals surface area contributed by atoms with Crippen molar-refractivity contribution in [2.75, 3.05) is 29.9 Å². The SMILES string of the molecule is CCNC(=O)Nc1cc(-c2cccc(CN(Cc3cccc(CN)c3)C(=O)C3CC3)c2)ccc1N1CCCCCC1. The lowest BCUT2D eigenvalue weighted by Gasteiger charge is -2.26. The lowest BCUT2D eigenvalue weighted by molar-refractivity contribution is -0.133. The van der Waals surface area contributed by atoms with Crippen LogP contribution in [0.2, 0.25) is 0 Å². The van der Waals surface area contributed by atoms with Gasteiger partial charge >= 0.3 is 6.03 Å². The van der Waals surface area contributed by atoms with Crippen LogP contribution in [0.5, 0.6) is 0 Å². The molecule has 0 bridgehead atoms. The molecule has 0 aromatic heterocycles. The van der Waals surface area contributed by atoms with Crippen LogP contribution in [0.4, 0.5) is 16.2 Å². The molecule has 41 heavy (non-hydrogen) atoms. The Labute approximate surface area is 244 Å². The number of carbonyl (C=O) groups excluding carboxylic acids is 2. The minimum Gasteiger partial charge on any atom is -0.370 e. The average Bonchev–Trinajstić information content (AvgIpc) is 3.85. The highest BCUT2D eigenvalue weighted by atomic mass is 16.2. The van der Waals surface area contributed by atoms with Gasteiger partial charge in [-0.1, -0.05) is 61.4 Å². The van der Waals surface area contributed by atoms with Gasteiger partial charge < -0.3 is 26.2 Å². The Bertz CT molecular complexity index is 1340. The Hall–Kier alpha value is -3.84. The first-order valence-electron chi connectivity index (χ1n) is 15.1. The molecular formula is C34H43N5O2. The van der Waals surface area contributed by atoms with Gasteiger partial charge in [-0.25, -0.2) is 4.79 Å². The molecule has 1 aliphatic heterocycles. The van der Waals surface area contributed by atoms with Gasteiger partial charge in [0.05, 0.1) is 11.4 Å². The Balaban J connectivity index is 1.40. The number of nitrogens with two attached hydrogens (primary N) is 1. The van der Waals surface area contributed by atoms with E-state index in [9.17, 15) is 9.59 Å². The summed E-state index contributed by atoms with van der Waals surface area (Å²) in [5, 5.41) is 5.97. The number of benzene rings is 3. The molecule has 0 unspecified atom stereocenters. The van der Waals surface area contributed by atoms with Crippen molar-refractivity contribution in [1.29, 1.82) is 0 Å². The van der Waals surface area contributed by atoms with Crippen molar-refractivity contribution in [2.24, 2.45) is 11.7 Å². The predicted octanol–water partition coefficient (Wildman–Crippen LogP) is 6.27. The summed E-state index contributed by atoms with van der Waals surface area (Å²) in [7, 11) is 0. The molecule has 1 aliphatic carbocycles. The zero-order chi connectivity index (χ0) is 28.6. The van der Waals surface area contributed by atoms with Crippen LogP contribution in [-0.4, -0.2) is 36.5 Å². The molecule has 2 fully saturated rings. The van der Waals surface area contributed by atoms with E-state index >= 15 is 0 Å². The topological polar surface area (TPSA) is 90.7 Å². The van der Waals surface area contributed by atoms with Crippen molar-refractivity contribution in [3.8, 4) is 11.1 Å². The lowest BCUT2D eigenvalue weighted by atomic mass is 10.0. The van der Waals surface area contributed by atoms with Gasteiger partial charge in [0.1, 0.15) is 0 Å². The van der Waals surface area contributed by atoms with Gasteiger partial charge in [-0.15, -0.1) is 0 Å². The molecule has 7 nitrogen and oxygen atoms in total. The van der Waals surface area contributed by atoms with E-state index in [1.807, 2.05) is 24.0 Å². The standard InChI is InChI=1S/C34H43N5O2/c1-2-36-34(41)37-31-21-30(15-16-32(31)38-17-5-3-4-6-18-38)29-12-8-11-27(20-29)24-39(33(40)28-13-14-28)23-26-10-7-9-25(19-26)22-35/h7-12,15-16,19-21,28H,2-6,13-14,17-18,22-24,35H2,1H3,(H2,36,37,41). The van der Waals surface area contributed by atoms with Crippen LogP contribution in [0.25, 0.3) is 11.1 Å². The van der Waals surface area contributed by atoms with Crippen molar-refractivity contribution in [2.45, 2.75) is 65.1 Å². The zero-order valence-electron chi connectivity index (χ0n) is 24.2. The third-order valence-electron chi connectivity index (χ3n) is 8.00. The molecular weight excluding hydrogens is 510 g/mol. The molecule has 3 amide bonds. The summed E-state index contributed by atoms with van der Waals surface area (Å²) in [6.07, 6.45) is 6.78. The number of carbonyl (C=O) groups is 2. The smallest absolute Gasteiger partial charge is 0.319 e. The maximum absolute atomic E-state index is 13.3. The second kappa shape index (κ2) is 13.7. The van der Waals surface area contributed by atoms with Gasteiger partial charge in [0.2, 0.25) is 5.91 Å². The molecule has 216 valence electrons. The fraction of sp³-hybridized carbons (Fsp3) is 0.412. The minimum absolute atomic E-state index is 0.144. The van der Waals surface area contributed by atoms with Crippen molar-refractivity contribution >= 4 is 23.3 Å². The van der Waals surface area contributed by atoms with Gasteiger partial charge in [0, 0.05) is 45.2 Å². The van der Waals surface area contributed by atoms with Crippen molar-refractivity contribution in [3.05, 3.63) is 83.4 Å². The maximum Gasteiger partial charge on any atom is 0.319 e. The van der Waals surface area contributed by atoms with E-state index in [1.165, 1.54) is 12.8 Å².